The second-order valence-electron chi connectivity index (χ2n) is 5.78. The first-order valence-corrected chi connectivity index (χ1v) is 8.60. The zero-order valence-electron chi connectivity index (χ0n) is 14.2. The molecule has 0 aromatic heterocycles. The van der Waals surface area contributed by atoms with Crippen molar-refractivity contribution in [2.24, 2.45) is 0 Å². The highest BCUT2D eigenvalue weighted by atomic mass is 32.1. The fraction of sp³-hybridized carbons (Fsp3) is 0.529. The molecule has 1 aromatic carbocycles. The molecule has 0 bridgehead atoms. The standard InChI is InChI=1S/C17H25N3O3S/c1-22-14-9-5-6-12(16(14)23-2)10-11-15(21)19-20-17(24)18-13-7-3-4-8-13/h5-6,9,13H,3-4,7-8,10-11H2,1-2H3,(H,19,21)(H2,18,20,24). The molecule has 24 heavy (non-hydrogen) atoms. The Morgan fingerprint density at radius 1 is 1.21 bits per heavy atom. The van der Waals surface area contributed by atoms with Crippen LogP contribution in [0.5, 0.6) is 11.5 Å². The molecule has 7 heteroatoms. The molecule has 0 saturated heterocycles. The second kappa shape index (κ2) is 9.32. The van der Waals surface area contributed by atoms with Gasteiger partial charge in [0.1, 0.15) is 0 Å². The molecular weight excluding hydrogens is 326 g/mol. The Balaban J connectivity index is 1.75. The minimum absolute atomic E-state index is 0.129. The molecule has 1 amide bonds. The molecule has 0 heterocycles. The van der Waals surface area contributed by atoms with Crippen molar-refractivity contribution in [3.8, 4) is 11.5 Å². The van der Waals surface area contributed by atoms with Crippen molar-refractivity contribution in [3.63, 3.8) is 0 Å². The summed E-state index contributed by atoms with van der Waals surface area (Å²) in [6.45, 7) is 0. The van der Waals surface area contributed by atoms with Crippen LogP contribution in [0.3, 0.4) is 0 Å². The molecule has 0 radical (unpaired) electrons. The number of carbonyl (C=O) groups excluding carboxylic acids is 1. The molecule has 3 N–H and O–H groups in total. The average molecular weight is 351 g/mol. The van der Waals surface area contributed by atoms with E-state index in [1.807, 2.05) is 18.2 Å². The first-order valence-electron chi connectivity index (χ1n) is 8.19. The van der Waals surface area contributed by atoms with Crippen LogP contribution < -0.4 is 25.6 Å². The molecule has 2 rings (SSSR count). The van der Waals surface area contributed by atoms with Gasteiger partial charge in [0.05, 0.1) is 14.2 Å². The fourth-order valence-electron chi connectivity index (χ4n) is 2.88. The van der Waals surface area contributed by atoms with Gasteiger partial charge < -0.3 is 14.8 Å². The van der Waals surface area contributed by atoms with Crippen molar-refractivity contribution in [1.29, 1.82) is 0 Å². The molecular formula is C17H25N3O3S. The Bertz CT molecular complexity index is 574. The summed E-state index contributed by atoms with van der Waals surface area (Å²) in [5, 5.41) is 3.68. The topological polar surface area (TPSA) is 71.6 Å². The summed E-state index contributed by atoms with van der Waals surface area (Å²) in [6, 6.07) is 6.06. The third kappa shape index (κ3) is 5.26. The van der Waals surface area contributed by atoms with Crippen molar-refractivity contribution in [1.82, 2.24) is 16.2 Å². The molecule has 1 fully saturated rings. The smallest absolute Gasteiger partial charge is 0.238 e. The molecule has 1 aliphatic carbocycles. The first kappa shape index (κ1) is 18.3. The number of thiocarbonyl (C=S) groups is 1. The Labute approximate surface area is 148 Å². The van der Waals surface area contributed by atoms with Gasteiger partial charge in [0, 0.05) is 12.5 Å². The number of hydrazine groups is 1. The van der Waals surface area contributed by atoms with Gasteiger partial charge in [-0.25, -0.2) is 0 Å². The van der Waals surface area contributed by atoms with Crippen molar-refractivity contribution < 1.29 is 14.3 Å². The summed E-state index contributed by atoms with van der Waals surface area (Å²) < 4.78 is 10.6. The van der Waals surface area contributed by atoms with E-state index in [9.17, 15) is 4.79 Å². The number of ether oxygens (including phenoxy) is 2. The lowest BCUT2D eigenvalue weighted by Crippen LogP contribution is -2.49. The van der Waals surface area contributed by atoms with Gasteiger partial charge in [-0.1, -0.05) is 25.0 Å². The summed E-state index contributed by atoms with van der Waals surface area (Å²) in [5.41, 5.74) is 6.32. The number of para-hydroxylation sites is 1. The number of methoxy groups -OCH3 is 2. The molecule has 6 nitrogen and oxygen atoms in total. The van der Waals surface area contributed by atoms with Gasteiger partial charge in [0.25, 0.3) is 0 Å². The van der Waals surface area contributed by atoms with E-state index in [4.69, 9.17) is 21.7 Å². The molecule has 1 saturated carbocycles. The van der Waals surface area contributed by atoms with Gasteiger partial charge >= 0.3 is 0 Å². The van der Waals surface area contributed by atoms with Crippen LogP contribution in [0.1, 0.15) is 37.7 Å². The maximum absolute atomic E-state index is 12.0. The molecule has 1 aliphatic rings. The van der Waals surface area contributed by atoms with E-state index in [2.05, 4.69) is 16.2 Å². The molecule has 0 aliphatic heterocycles. The minimum atomic E-state index is -0.129. The summed E-state index contributed by atoms with van der Waals surface area (Å²) in [7, 11) is 3.19. The maximum Gasteiger partial charge on any atom is 0.238 e. The first-order chi connectivity index (χ1) is 11.6. The quantitative estimate of drug-likeness (QED) is 0.538. The SMILES string of the molecule is COc1cccc(CCC(=O)NNC(=S)NC2CCCC2)c1OC. The number of benzene rings is 1. The van der Waals surface area contributed by atoms with E-state index in [1.54, 1.807) is 14.2 Å². The number of hydrogen-bond acceptors (Lipinski definition) is 4. The third-order valence-corrected chi connectivity index (χ3v) is 4.33. The summed E-state index contributed by atoms with van der Waals surface area (Å²) in [6.07, 6.45) is 5.60. The van der Waals surface area contributed by atoms with Gasteiger partial charge in [-0.15, -0.1) is 0 Å². The average Bonchev–Trinajstić information content (AvgIpc) is 3.10. The van der Waals surface area contributed by atoms with Gasteiger partial charge in [0.2, 0.25) is 5.91 Å². The van der Waals surface area contributed by atoms with E-state index in [1.165, 1.54) is 12.8 Å². The third-order valence-electron chi connectivity index (χ3n) is 4.11. The fourth-order valence-corrected chi connectivity index (χ4v) is 3.10. The van der Waals surface area contributed by atoms with Crippen LogP contribution in [0.4, 0.5) is 0 Å². The van der Waals surface area contributed by atoms with Crippen molar-refractivity contribution in [2.75, 3.05) is 14.2 Å². The summed E-state index contributed by atoms with van der Waals surface area (Å²) in [4.78, 5) is 12.0. The lowest BCUT2D eigenvalue weighted by molar-refractivity contribution is -0.121. The van der Waals surface area contributed by atoms with Gasteiger partial charge in [0.15, 0.2) is 16.6 Å². The van der Waals surface area contributed by atoms with Crippen LogP contribution in [0.2, 0.25) is 0 Å². The number of aryl methyl sites for hydroxylation is 1. The van der Waals surface area contributed by atoms with Crippen molar-refractivity contribution >= 4 is 23.2 Å². The van der Waals surface area contributed by atoms with Crippen molar-refractivity contribution in [3.05, 3.63) is 23.8 Å². The van der Waals surface area contributed by atoms with Crippen LogP contribution in [0, 0.1) is 0 Å². The number of carbonyl (C=O) groups is 1. The minimum Gasteiger partial charge on any atom is -0.493 e. The van der Waals surface area contributed by atoms with E-state index in [-0.39, 0.29) is 5.91 Å². The van der Waals surface area contributed by atoms with Crippen molar-refractivity contribution in [2.45, 2.75) is 44.6 Å². The lowest BCUT2D eigenvalue weighted by Gasteiger charge is -2.16. The highest BCUT2D eigenvalue weighted by Crippen LogP contribution is 2.31. The number of hydrogen-bond donors (Lipinski definition) is 3. The normalized spacial score (nSPS) is 14.1. The highest BCUT2D eigenvalue weighted by Gasteiger charge is 2.16. The van der Waals surface area contributed by atoms with E-state index in [0.29, 0.717) is 35.5 Å². The zero-order valence-corrected chi connectivity index (χ0v) is 15.0. The van der Waals surface area contributed by atoms with E-state index < -0.39 is 0 Å². The lowest BCUT2D eigenvalue weighted by atomic mass is 10.1. The molecule has 0 atom stereocenters. The Kier molecular flexibility index (Phi) is 7.11. The summed E-state index contributed by atoms with van der Waals surface area (Å²) in [5.74, 6) is 1.20. The van der Waals surface area contributed by atoms with Crippen LogP contribution >= 0.6 is 12.2 Å². The van der Waals surface area contributed by atoms with Gasteiger partial charge in [-0.05, 0) is 43.1 Å². The predicted octanol–water partition coefficient (Wildman–Crippen LogP) is 2.07. The Hall–Kier alpha value is -2.02. The maximum atomic E-state index is 12.0. The number of amides is 1. The number of nitrogens with one attached hydrogen (secondary N) is 3. The van der Waals surface area contributed by atoms with Gasteiger partial charge in [-0.3, -0.25) is 15.6 Å². The second-order valence-corrected chi connectivity index (χ2v) is 6.19. The van der Waals surface area contributed by atoms with E-state index in [0.717, 1.165) is 18.4 Å². The van der Waals surface area contributed by atoms with Crippen LogP contribution in [-0.2, 0) is 11.2 Å². The van der Waals surface area contributed by atoms with Crippen LogP contribution in [0.15, 0.2) is 18.2 Å². The molecule has 1 aromatic rings. The molecule has 0 spiro atoms. The van der Waals surface area contributed by atoms with E-state index >= 15 is 0 Å². The summed E-state index contributed by atoms with van der Waals surface area (Å²) >= 11 is 5.19. The predicted molar refractivity (Wildman–Crippen MR) is 97.1 cm³/mol. The molecule has 0 unspecified atom stereocenters. The van der Waals surface area contributed by atoms with Crippen LogP contribution in [0.25, 0.3) is 0 Å². The monoisotopic (exact) mass is 351 g/mol. The van der Waals surface area contributed by atoms with Crippen LogP contribution in [-0.4, -0.2) is 31.3 Å². The Morgan fingerprint density at radius 2 is 1.96 bits per heavy atom. The Morgan fingerprint density at radius 3 is 2.62 bits per heavy atom. The number of rotatable bonds is 6. The molecule has 132 valence electrons. The van der Waals surface area contributed by atoms with Gasteiger partial charge in [-0.2, -0.15) is 0 Å². The zero-order chi connectivity index (χ0) is 17.4. The largest absolute Gasteiger partial charge is 0.493 e. The highest BCUT2D eigenvalue weighted by molar-refractivity contribution is 7.80.